The van der Waals surface area contributed by atoms with Gasteiger partial charge in [-0.1, -0.05) is 24.3 Å². The molecule has 0 aromatic heterocycles. The van der Waals surface area contributed by atoms with Crippen LogP contribution in [-0.4, -0.2) is 67.9 Å². The van der Waals surface area contributed by atoms with Crippen LogP contribution >= 0.6 is 0 Å². The van der Waals surface area contributed by atoms with Crippen LogP contribution in [-0.2, 0) is 20.7 Å². The van der Waals surface area contributed by atoms with Crippen molar-refractivity contribution >= 4 is 17.3 Å². The fourth-order valence-corrected chi connectivity index (χ4v) is 5.42. The van der Waals surface area contributed by atoms with Gasteiger partial charge in [0, 0.05) is 47.6 Å². The van der Waals surface area contributed by atoms with E-state index in [4.69, 9.17) is 15.2 Å². The standard InChI is InChI=1S/C26H27NO9/c1-10-21(29)15(27)7-17(35-10)36-16-9-26(34,11(2)28)8-14-18(16)25(33)20-19(24(14)32)22(30)12-5-3-4-6-13(12)23(20)31/h3-6,10,15-17,21,29,32-34H,7-9,27H2,1-2H3/t10-,15-,16-,17+,21+,26+/m1/s1. The number of hydrogen-bond donors (Lipinski definition) is 5. The van der Waals surface area contributed by atoms with E-state index in [0.717, 1.165) is 0 Å². The molecule has 5 rings (SSSR count). The summed E-state index contributed by atoms with van der Waals surface area (Å²) in [6.45, 7) is 2.80. The normalized spacial score (nSPS) is 31.4. The molecule has 0 saturated carbocycles. The van der Waals surface area contributed by atoms with E-state index in [9.17, 15) is 34.8 Å². The van der Waals surface area contributed by atoms with Crippen molar-refractivity contribution in [3.05, 3.63) is 57.6 Å². The minimum Gasteiger partial charge on any atom is -0.507 e. The number of ketones is 3. The van der Waals surface area contributed by atoms with Crippen LogP contribution in [0.4, 0.5) is 0 Å². The Morgan fingerprint density at radius 2 is 1.69 bits per heavy atom. The molecule has 0 amide bonds. The Hall–Kier alpha value is -3.15. The van der Waals surface area contributed by atoms with Crippen molar-refractivity contribution < 1.29 is 44.3 Å². The van der Waals surface area contributed by atoms with Gasteiger partial charge >= 0.3 is 0 Å². The molecular weight excluding hydrogens is 470 g/mol. The third-order valence-electron chi connectivity index (χ3n) is 7.50. The molecule has 0 radical (unpaired) electrons. The zero-order chi connectivity index (χ0) is 26.1. The molecule has 0 spiro atoms. The number of hydrogen-bond acceptors (Lipinski definition) is 10. The average Bonchev–Trinajstić information content (AvgIpc) is 2.82. The second-order valence-electron chi connectivity index (χ2n) is 9.80. The summed E-state index contributed by atoms with van der Waals surface area (Å²) in [5.41, 5.74) is 3.38. The number of carbonyl (C=O) groups is 3. The molecule has 10 nitrogen and oxygen atoms in total. The van der Waals surface area contributed by atoms with E-state index < -0.39 is 71.5 Å². The minimum absolute atomic E-state index is 0.00588. The van der Waals surface area contributed by atoms with E-state index in [0.29, 0.717) is 0 Å². The molecule has 2 aliphatic carbocycles. The van der Waals surface area contributed by atoms with Crippen molar-refractivity contribution in [2.45, 2.75) is 69.4 Å². The fraction of sp³-hybridized carbons (Fsp3) is 0.423. The Balaban J connectivity index is 1.66. The summed E-state index contributed by atoms with van der Waals surface area (Å²) in [5, 5.41) is 43.8. The predicted molar refractivity (Wildman–Crippen MR) is 124 cm³/mol. The van der Waals surface area contributed by atoms with E-state index >= 15 is 0 Å². The first-order valence-corrected chi connectivity index (χ1v) is 11.7. The first kappa shape index (κ1) is 24.5. The van der Waals surface area contributed by atoms with Crippen molar-refractivity contribution in [3.8, 4) is 11.5 Å². The van der Waals surface area contributed by atoms with Gasteiger partial charge in [0.25, 0.3) is 0 Å². The molecule has 0 bridgehead atoms. The van der Waals surface area contributed by atoms with Crippen LogP contribution < -0.4 is 5.73 Å². The molecule has 6 N–H and O–H groups in total. The van der Waals surface area contributed by atoms with Crippen LogP contribution in [0.5, 0.6) is 11.5 Å². The third kappa shape index (κ3) is 3.56. The van der Waals surface area contributed by atoms with Crippen LogP contribution in [0.2, 0.25) is 0 Å². The lowest BCUT2D eigenvalue weighted by Crippen LogP contribution is -2.52. The molecule has 2 aromatic rings. The third-order valence-corrected chi connectivity index (χ3v) is 7.50. The maximum atomic E-state index is 13.3. The maximum absolute atomic E-state index is 13.3. The highest BCUT2D eigenvalue weighted by Gasteiger charge is 2.49. The maximum Gasteiger partial charge on any atom is 0.198 e. The van der Waals surface area contributed by atoms with E-state index in [1.807, 2.05) is 0 Å². The molecule has 3 aliphatic rings. The zero-order valence-corrected chi connectivity index (χ0v) is 19.7. The number of ether oxygens (including phenoxy) is 2. The molecule has 1 aliphatic heterocycles. The smallest absolute Gasteiger partial charge is 0.198 e. The van der Waals surface area contributed by atoms with Crippen LogP contribution in [0.15, 0.2) is 24.3 Å². The van der Waals surface area contributed by atoms with Gasteiger partial charge in [0.05, 0.1) is 29.4 Å². The van der Waals surface area contributed by atoms with Crippen molar-refractivity contribution in [1.82, 2.24) is 0 Å². The SMILES string of the molecule is CC(=O)[C@]1(O)Cc2c(O)c3c(c(O)c2[C@H](O[C@H]2C[C@@H](N)[C@@H](O)[C@@H](C)O2)C1)C(=O)c1ccccc1C3=O. The number of nitrogens with two attached hydrogens (primary N) is 1. The Labute approximate surface area is 206 Å². The molecule has 1 fully saturated rings. The van der Waals surface area contributed by atoms with Crippen LogP contribution in [0.25, 0.3) is 0 Å². The molecule has 36 heavy (non-hydrogen) atoms. The minimum atomic E-state index is -1.97. The van der Waals surface area contributed by atoms with Gasteiger partial charge in [0.15, 0.2) is 23.6 Å². The zero-order valence-electron chi connectivity index (χ0n) is 19.7. The van der Waals surface area contributed by atoms with Gasteiger partial charge in [-0.05, 0) is 13.8 Å². The Morgan fingerprint density at radius 1 is 1.11 bits per heavy atom. The predicted octanol–water partition coefficient (Wildman–Crippen LogP) is 1.02. The topological polar surface area (TPSA) is 177 Å². The lowest BCUT2D eigenvalue weighted by molar-refractivity contribution is -0.247. The monoisotopic (exact) mass is 497 g/mol. The van der Waals surface area contributed by atoms with Crippen molar-refractivity contribution in [2.75, 3.05) is 0 Å². The number of benzene rings is 2. The number of phenolic OH excluding ortho intramolecular Hbond substituents is 2. The van der Waals surface area contributed by atoms with Gasteiger partial charge in [-0.3, -0.25) is 14.4 Å². The fourth-order valence-electron chi connectivity index (χ4n) is 5.42. The number of carbonyl (C=O) groups excluding carboxylic acids is 3. The van der Waals surface area contributed by atoms with E-state index in [2.05, 4.69) is 0 Å². The summed E-state index contributed by atoms with van der Waals surface area (Å²) < 4.78 is 11.8. The van der Waals surface area contributed by atoms with Gasteiger partial charge in [0.1, 0.15) is 17.1 Å². The van der Waals surface area contributed by atoms with Crippen LogP contribution in [0, 0.1) is 0 Å². The highest BCUT2D eigenvalue weighted by atomic mass is 16.7. The number of Topliss-reactive ketones (excluding diaryl/α,β-unsaturated/α-hetero) is 1. The number of rotatable bonds is 3. The van der Waals surface area contributed by atoms with Crippen molar-refractivity contribution in [1.29, 1.82) is 0 Å². The number of fused-ring (bicyclic) bond motifs is 3. The molecule has 2 aromatic carbocycles. The summed E-state index contributed by atoms with van der Waals surface area (Å²) in [4.78, 5) is 39.0. The Kier molecular flexibility index (Phi) is 5.77. The van der Waals surface area contributed by atoms with E-state index in [1.54, 1.807) is 19.1 Å². The summed E-state index contributed by atoms with van der Waals surface area (Å²) in [5.74, 6) is -3.06. The van der Waals surface area contributed by atoms with Gasteiger partial charge in [-0.15, -0.1) is 0 Å². The molecule has 1 saturated heterocycles. The second kappa shape index (κ2) is 8.46. The molecule has 0 unspecified atom stereocenters. The molecule has 1 heterocycles. The first-order chi connectivity index (χ1) is 16.9. The number of aliphatic hydroxyl groups excluding tert-OH is 1. The van der Waals surface area contributed by atoms with Crippen molar-refractivity contribution in [2.24, 2.45) is 5.73 Å². The molecule has 6 atom stereocenters. The lowest BCUT2D eigenvalue weighted by atomic mass is 9.72. The first-order valence-electron chi connectivity index (χ1n) is 11.7. The second-order valence-corrected chi connectivity index (χ2v) is 9.80. The van der Waals surface area contributed by atoms with Gasteiger partial charge in [-0.25, -0.2) is 0 Å². The van der Waals surface area contributed by atoms with Gasteiger partial charge < -0.3 is 35.6 Å². The lowest BCUT2D eigenvalue weighted by Gasteiger charge is -2.42. The van der Waals surface area contributed by atoms with Crippen molar-refractivity contribution in [3.63, 3.8) is 0 Å². The largest absolute Gasteiger partial charge is 0.507 e. The molecular formula is C26H27NO9. The number of aromatic hydroxyl groups is 2. The number of aliphatic hydroxyl groups is 2. The molecule has 190 valence electrons. The van der Waals surface area contributed by atoms with Crippen LogP contribution in [0.1, 0.15) is 75.8 Å². The Morgan fingerprint density at radius 3 is 2.25 bits per heavy atom. The quantitative estimate of drug-likeness (QED) is 0.328. The highest BCUT2D eigenvalue weighted by molar-refractivity contribution is 6.30. The van der Waals surface area contributed by atoms with Crippen LogP contribution in [0.3, 0.4) is 0 Å². The summed E-state index contributed by atoms with van der Waals surface area (Å²) in [6, 6.07) is 5.40. The average molecular weight is 498 g/mol. The summed E-state index contributed by atoms with van der Waals surface area (Å²) >= 11 is 0. The summed E-state index contributed by atoms with van der Waals surface area (Å²) in [7, 11) is 0. The van der Waals surface area contributed by atoms with E-state index in [1.165, 1.54) is 19.1 Å². The Bertz CT molecular complexity index is 1290. The van der Waals surface area contributed by atoms with E-state index in [-0.39, 0.29) is 46.2 Å². The highest BCUT2D eigenvalue weighted by Crippen LogP contribution is 2.51. The number of phenols is 2. The molecule has 10 heteroatoms. The van der Waals surface area contributed by atoms with Gasteiger partial charge in [-0.2, -0.15) is 0 Å². The summed E-state index contributed by atoms with van der Waals surface area (Å²) in [6.07, 6.45) is -4.38. The van der Waals surface area contributed by atoms with Gasteiger partial charge in [0.2, 0.25) is 0 Å².